The number of carbonyl (C=O) groups is 1. The van der Waals surface area contributed by atoms with Crippen LogP contribution in [0.15, 0.2) is 52.3 Å². The lowest BCUT2D eigenvalue weighted by molar-refractivity contribution is 0.1000. The second-order valence-electron chi connectivity index (χ2n) is 3.92. The van der Waals surface area contributed by atoms with E-state index in [4.69, 9.17) is 17.3 Å². The molecule has 0 saturated heterocycles. The van der Waals surface area contributed by atoms with Crippen LogP contribution >= 0.6 is 23.4 Å². The van der Waals surface area contributed by atoms with Gasteiger partial charge in [0, 0.05) is 15.4 Å². The van der Waals surface area contributed by atoms with Crippen molar-refractivity contribution in [3.8, 4) is 0 Å². The van der Waals surface area contributed by atoms with Crippen molar-refractivity contribution in [1.29, 1.82) is 0 Å². The number of halogens is 1. The van der Waals surface area contributed by atoms with E-state index in [-0.39, 0.29) is 0 Å². The third-order valence-corrected chi connectivity index (χ3v) is 3.97. The number of carbonyl (C=O) groups excluding carboxylic acids is 1. The molecular formula is C14H12ClNOS. The van der Waals surface area contributed by atoms with E-state index in [0.717, 1.165) is 9.79 Å². The molecule has 0 aliphatic carbocycles. The van der Waals surface area contributed by atoms with E-state index in [1.165, 1.54) is 5.56 Å². The van der Waals surface area contributed by atoms with Gasteiger partial charge in [0.15, 0.2) is 0 Å². The molecular weight excluding hydrogens is 266 g/mol. The molecule has 4 heteroatoms. The molecule has 0 radical (unpaired) electrons. The molecule has 2 rings (SSSR count). The molecule has 2 aromatic carbocycles. The number of amides is 1. The van der Waals surface area contributed by atoms with Gasteiger partial charge in [0.05, 0.1) is 5.02 Å². The van der Waals surface area contributed by atoms with Gasteiger partial charge in [0.2, 0.25) is 5.91 Å². The molecule has 92 valence electrons. The van der Waals surface area contributed by atoms with Gasteiger partial charge >= 0.3 is 0 Å². The topological polar surface area (TPSA) is 43.1 Å². The Morgan fingerprint density at radius 1 is 1.17 bits per heavy atom. The van der Waals surface area contributed by atoms with Gasteiger partial charge in [-0.2, -0.15) is 0 Å². The van der Waals surface area contributed by atoms with Crippen molar-refractivity contribution in [2.45, 2.75) is 16.7 Å². The van der Waals surface area contributed by atoms with Gasteiger partial charge in [-0.1, -0.05) is 41.1 Å². The third kappa shape index (κ3) is 3.06. The van der Waals surface area contributed by atoms with Crippen LogP contribution in [0.5, 0.6) is 0 Å². The summed E-state index contributed by atoms with van der Waals surface area (Å²) >= 11 is 7.69. The van der Waals surface area contributed by atoms with Crippen molar-refractivity contribution in [1.82, 2.24) is 0 Å². The summed E-state index contributed by atoms with van der Waals surface area (Å²) in [5, 5.41) is 0.539. The Morgan fingerprint density at radius 3 is 2.39 bits per heavy atom. The number of primary amides is 1. The van der Waals surface area contributed by atoms with Crippen LogP contribution in [0, 0.1) is 6.92 Å². The predicted octanol–water partition coefficient (Wildman–Crippen LogP) is 3.90. The van der Waals surface area contributed by atoms with Crippen molar-refractivity contribution in [3.05, 3.63) is 58.6 Å². The lowest BCUT2D eigenvalue weighted by Crippen LogP contribution is -2.10. The summed E-state index contributed by atoms with van der Waals surface area (Å²) in [7, 11) is 0. The molecule has 2 aromatic rings. The summed E-state index contributed by atoms with van der Waals surface area (Å²) in [6, 6.07) is 13.3. The molecule has 18 heavy (non-hydrogen) atoms. The van der Waals surface area contributed by atoms with Crippen LogP contribution in [0.2, 0.25) is 5.02 Å². The molecule has 0 bridgehead atoms. The summed E-state index contributed by atoms with van der Waals surface area (Å²) in [5.41, 5.74) is 6.84. The van der Waals surface area contributed by atoms with Crippen molar-refractivity contribution < 1.29 is 4.79 Å². The van der Waals surface area contributed by atoms with Crippen LogP contribution in [0.1, 0.15) is 15.9 Å². The summed E-state index contributed by atoms with van der Waals surface area (Å²) in [5.74, 6) is -0.469. The van der Waals surface area contributed by atoms with Crippen molar-refractivity contribution >= 4 is 29.3 Å². The Labute approximate surface area is 115 Å². The van der Waals surface area contributed by atoms with Crippen LogP contribution < -0.4 is 5.73 Å². The average Bonchev–Trinajstić information content (AvgIpc) is 2.34. The fourth-order valence-corrected chi connectivity index (χ4v) is 2.59. The van der Waals surface area contributed by atoms with E-state index >= 15 is 0 Å². The Bertz CT molecular complexity index is 581. The van der Waals surface area contributed by atoms with E-state index in [0.29, 0.717) is 10.6 Å². The highest BCUT2D eigenvalue weighted by Gasteiger charge is 2.07. The Kier molecular flexibility index (Phi) is 3.94. The fraction of sp³-hybridized carbons (Fsp3) is 0.0714. The first-order valence-electron chi connectivity index (χ1n) is 5.40. The Hall–Kier alpha value is -1.45. The molecule has 2 nitrogen and oxygen atoms in total. The lowest BCUT2D eigenvalue weighted by atomic mass is 10.2. The summed E-state index contributed by atoms with van der Waals surface area (Å²) in [6.45, 7) is 2.04. The number of rotatable bonds is 3. The molecule has 0 unspecified atom stereocenters. The third-order valence-electron chi connectivity index (χ3n) is 2.47. The Balaban J connectivity index is 2.24. The monoisotopic (exact) mass is 277 g/mol. The van der Waals surface area contributed by atoms with E-state index in [1.54, 1.807) is 23.9 Å². The molecule has 0 saturated carbocycles. The minimum absolute atomic E-state index is 0.424. The normalized spacial score (nSPS) is 10.3. The molecule has 0 heterocycles. The summed E-state index contributed by atoms with van der Waals surface area (Å²) < 4.78 is 0. The van der Waals surface area contributed by atoms with E-state index in [9.17, 15) is 4.79 Å². The fourth-order valence-electron chi connectivity index (χ4n) is 1.47. The number of nitrogens with two attached hydrogens (primary N) is 1. The molecule has 0 aromatic heterocycles. The minimum atomic E-state index is -0.469. The lowest BCUT2D eigenvalue weighted by Gasteiger charge is -2.05. The zero-order chi connectivity index (χ0) is 13.1. The summed E-state index contributed by atoms with van der Waals surface area (Å²) in [4.78, 5) is 13.0. The van der Waals surface area contributed by atoms with Gasteiger partial charge in [-0.3, -0.25) is 4.79 Å². The maximum Gasteiger partial charge on any atom is 0.248 e. The van der Waals surface area contributed by atoms with Crippen LogP contribution in [0.4, 0.5) is 0 Å². The van der Waals surface area contributed by atoms with Gasteiger partial charge in [-0.15, -0.1) is 0 Å². The smallest absolute Gasteiger partial charge is 0.248 e. The van der Waals surface area contributed by atoms with E-state index in [1.807, 2.05) is 37.3 Å². The highest BCUT2D eigenvalue weighted by atomic mass is 35.5. The maximum absolute atomic E-state index is 11.0. The maximum atomic E-state index is 11.0. The van der Waals surface area contributed by atoms with E-state index < -0.39 is 5.91 Å². The first-order chi connectivity index (χ1) is 8.56. The van der Waals surface area contributed by atoms with Gasteiger partial charge in [0.25, 0.3) is 0 Å². The zero-order valence-electron chi connectivity index (χ0n) is 9.81. The highest BCUT2D eigenvalue weighted by Crippen LogP contribution is 2.33. The second-order valence-corrected chi connectivity index (χ2v) is 5.45. The zero-order valence-corrected chi connectivity index (χ0v) is 11.4. The van der Waals surface area contributed by atoms with Crippen molar-refractivity contribution in [2.24, 2.45) is 5.73 Å². The van der Waals surface area contributed by atoms with Crippen molar-refractivity contribution in [3.63, 3.8) is 0 Å². The van der Waals surface area contributed by atoms with Crippen LogP contribution in [-0.2, 0) is 0 Å². The predicted molar refractivity (Wildman–Crippen MR) is 75.3 cm³/mol. The molecule has 0 aliphatic rings. The number of hydrogen-bond donors (Lipinski definition) is 1. The van der Waals surface area contributed by atoms with Crippen LogP contribution in [-0.4, -0.2) is 5.91 Å². The van der Waals surface area contributed by atoms with Crippen LogP contribution in [0.3, 0.4) is 0 Å². The highest BCUT2D eigenvalue weighted by molar-refractivity contribution is 7.99. The molecule has 0 atom stereocenters. The number of hydrogen-bond acceptors (Lipinski definition) is 2. The minimum Gasteiger partial charge on any atom is -0.366 e. The SMILES string of the molecule is Cc1ccc(Sc2ccc(C(N)=O)cc2Cl)cc1. The molecule has 0 spiro atoms. The quantitative estimate of drug-likeness (QED) is 0.925. The standard InChI is InChI=1S/C14H12ClNOS/c1-9-2-5-11(6-3-9)18-13-7-4-10(14(16)17)8-12(13)15/h2-8H,1H3,(H2,16,17). The van der Waals surface area contributed by atoms with Gasteiger partial charge < -0.3 is 5.73 Å². The first kappa shape index (κ1) is 13.0. The average molecular weight is 278 g/mol. The largest absolute Gasteiger partial charge is 0.366 e. The van der Waals surface area contributed by atoms with Gasteiger partial charge in [-0.05, 0) is 37.3 Å². The van der Waals surface area contributed by atoms with Crippen molar-refractivity contribution in [2.75, 3.05) is 0 Å². The first-order valence-corrected chi connectivity index (χ1v) is 6.59. The van der Waals surface area contributed by atoms with Gasteiger partial charge in [0.1, 0.15) is 0 Å². The van der Waals surface area contributed by atoms with Crippen LogP contribution in [0.25, 0.3) is 0 Å². The summed E-state index contributed by atoms with van der Waals surface area (Å²) in [6.07, 6.45) is 0. The molecule has 2 N–H and O–H groups in total. The molecule has 0 aliphatic heterocycles. The molecule has 1 amide bonds. The number of benzene rings is 2. The number of aryl methyl sites for hydroxylation is 1. The van der Waals surface area contributed by atoms with Gasteiger partial charge in [-0.25, -0.2) is 0 Å². The Morgan fingerprint density at radius 2 is 1.83 bits per heavy atom. The van der Waals surface area contributed by atoms with E-state index in [2.05, 4.69) is 0 Å². The second kappa shape index (κ2) is 5.46. The molecule has 0 fully saturated rings.